The fraction of sp³-hybridized carbons (Fsp3) is 0.348. The van der Waals surface area contributed by atoms with Gasteiger partial charge in [0.2, 0.25) is 5.88 Å². The molecule has 2 aromatic heterocycles. The number of hydrogen-bond donors (Lipinski definition) is 0. The van der Waals surface area contributed by atoms with Crippen LogP contribution in [0.3, 0.4) is 0 Å². The molecule has 3 unspecified atom stereocenters. The third-order valence-corrected chi connectivity index (χ3v) is 6.15. The summed E-state index contributed by atoms with van der Waals surface area (Å²) in [5.74, 6) is 1.54. The van der Waals surface area contributed by atoms with E-state index in [4.69, 9.17) is 9.47 Å². The third-order valence-electron chi connectivity index (χ3n) is 6.15. The molecule has 3 atom stereocenters. The average molecular weight is 389 g/mol. The standard InChI is InChI=1S/C23H23N3O3/c1-28-19-10-7-15-5-4-12-25-22(15)21(19)23(27)26-17-8-9-18(26)16(13-17)14-29-20-6-2-3-11-24-20/h2-7,10-12,16-18H,8-9,13-14H2,1H3. The van der Waals surface area contributed by atoms with Crippen molar-refractivity contribution in [2.45, 2.75) is 31.3 Å². The number of hydrogen-bond acceptors (Lipinski definition) is 5. The molecular weight excluding hydrogens is 366 g/mol. The molecule has 3 aromatic rings. The van der Waals surface area contributed by atoms with Crippen LogP contribution in [-0.4, -0.2) is 46.6 Å². The van der Waals surface area contributed by atoms with Crippen molar-refractivity contribution in [3.05, 3.63) is 60.4 Å². The molecule has 2 aliphatic rings. The maximum absolute atomic E-state index is 13.7. The van der Waals surface area contributed by atoms with Gasteiger partial charge in [-0.2, -0.15) is 0 Å². The second-order valence-corrected chi connectivity index (χ2v) is 7.70. The number of carbonyl (C=O) groups excluding carboxylic acids is 1. The van der Waals surface area contributed by atoms with E-state index in [1.807, 2.05) is 42.5 Å². The van der Waals surface area contributed by atoms with Gasteiger partial charge in [0.1, 0.15) is 11.3 Å². The van der Waals surface area contributed by atoms with E-state index in [9.17, 15) is 4.79 Å². The molecule has 2 saturated heterocycles. The van der Waals surface area contributed by atoms with Crippen LogP contribution in [0.4, 0.5) is 0 Å². The fourth-order valence-electron chi connectivity index (χ4n) is 4.87. The predicted octanol–water partition coefficient (Wildman–Crippen LogP) is 3.71. The number of fused-ring (bicyclic) bond motifs is 3. The topological polar surface area (TPSA) is 64.5 Å². The Labute approximate surface area is 169 Å². The highest BCUT2D eigenvalue weighted by Crippen LogP contribution is 2.44. The van der Waals surface area contributed by atoms with E-state index in [0.29, 0.717) is 35.2 Å². The lowest BCUT2D eigenvalue weighted by Gasteiger charge is -2.25. The van der Waals surface area contributed by atoms with Crippen molar-refractivity contribution in [2.75, 3.05) is 13.7 Å². The Morgan fingerprint density at radius 2 is 2.00 bits per heavy atom. The van der Waals surface area contributed by atoms with Crippen LogP contribution in [0.1, 0.15) is 29.6 Å². The molecule has 0 radical (unpaired) electrons. The Morgan fingerprint density at radius 1 is 1.10 bits per heavy atom. The smallest absolute Gasteiger partial charge is 0.260 e. The molecule has 0 aliphatic carbocycles. The Morgan fingerprint density at radius 3 is 2.83 bits per heavy atom. The predicted molar refractivity (Wildman–Crippen MR) is 109 cm³/mol. The Balaban J connectivity index is 1.42. The van der Waals surface area contributed by atoms with Crippen molar-refractivity contribution in [2.24, 2.45) is 5.92 Å². The first-order valence-electron chi connectivity index (χ1n) is 10.0. The SMILES string of the molecule is COc1ccc2cccnc2c1C(=O)N1C2CCC1C(COc1ccccn1)C2. The summed E-state index contributed by atoms with van der Waals surface area (Å²) in [6.45, 7) is 0.576. The Bertz CT molecular complexity index is 1040. The first-order chi connectivity index (χ1) is 14.3. The first kappa shape index (κ1) is 17.9. The van der Waals surface area contributed by atoms with Crippen molar-refractivity contribution < 1.29 is 14.3 Å². The van der Waals surface area contributed by atoms with Gasteiger partial charge in [0.25, 0.3) is 5.91 Å². The summed E-state index contributed by atoms with van der Waals surface area (Å²) in [6.07, 6.45) is 6.46. The summed E-state index contributed by atoms with van der Waals surface area (Å²) in [4.78, 5) is 24.4. The number of methoxy groups -OCH3 is 1. The second kappa shape index (κ2) is 7.35. The van der Waals surface area contributed by atoms with Crippen LogP contribution < -0.4 is 9.47 Å². The van der Waals surface area contributed by atoms with E-state index in [1.165, 1.54) is 0 Å². The van der Waals surface area contributed by atoms with E-state index in [0.717, 1.165) is 24.6 Å². The van der Waals surface area contributed by atoms with E-state index in [2.05, 4.69) is 14.9 Å². The Hall–Kier alpha value is -3.15. The highest BCUT2D eigenvalue weighted by atomic mass is 16.5. The first-order valence-corrected chi connectivity index (χ1v) is 10.0. The number of nitrogens with zero attached hydrogens (tertiary/aromatic N) is 3. The Kier molecular flexibility index (Phi) is 4.54. The van der Waals surface area contributed by atoms with Gasteiger partial charge in [-0.3, -0.25) is 9.78 Å². The molecule has 0 N–H and O–H groups in total. The molecule has 2 aliphatic heterocycles. The minimum absolute atomic E-state index is 0.0130. The van der Waals surface area contributed by atoms with Crippen LogP contribution >= 0.6 is 0 Å². The molecule has 1 amide bonds. The van der Waals surface area contributed by atoms with Gasteiger partial charge in [0, 0.05) is 41.8 Å². The lowest BCUT2D eigenvalue weighted by molar-refractivity contribution is 0.0708. The zero-order valence-electron chi connectivity index (χ0n) is 16.3. The van der Waals surface area contributed by atoms with Crippen molar-refractivity contribution in [3.63, 3.8) is 0 Å². The maximum Gasteiger partial charge on any atom is 0.260 e. The zero-order chi connectivity index (χ0) is 19.8. The summed E-state index contributed by atoms with van der Waals surface area (Å²) in [5, 5.41) is 0.943. The van der Waals surface area contributed by atoms with E-state index in [-0.39, 0.29) is 18.0 Å². The van der Waals surface area contributed by atoms with Crippen LogP contribution in [0.25, 0.3) is 10.9 Å². The number of aromatic nitrogens is 2. The fourth-order valence-corrected chi connectivity index (χ4v) is 4.87. The van der Waals surface area contributed by atoms with Gasteiger partial charge in [-0.05, 0) is 43.5 Å². The van der Waals surface area contributed by atoms with E-state index >= 15 is 0 Å². The summed E-state index contributed by atoms with van der Waals surface area (Å²) in [6, 6.07) is 13.7. The van der Waals surface area contributed by atoms with Gasteiger partial charge in [0.15, 0.2) is 0 Å². The minimum Gasteiger partial charge on any atom is -0.496 e. The van der Waals surface area contributed by atoms with Crippen LogP contribution in [0.15, 0.2) is 54.9 Å². The summed E-state index contributed by atoms with van der Waals surface area (Å²) in [5.41, 5.74) is 1.26. The molecule has 148 valence electrons. The monoisotopic (exact) mass is 389 g/mol. The third kappa shape index (κ3) is 3.09. The largest absolute Gasteiger partial charge is 0.496 e. The van der Waals surface area contributed by atoms with Crippen LogP contribution in [0.2, 0.25) is 0 Å². The van der Waals surface area contributed by atoms with Crippen LogP contribution in [0.5, 0.6) is 11.6 Å². The summed E-state index contributed by atoms with van der Waals surface area (Å²) >= 11 is 0. The molecule has 0 spiro atoms. The van der Waals surface area contributed by atoms with Crippen molar-refractivity contribution >= 4 is 16.8 Å². The normalized spacial score (nSPS) is 22.8. The van der Waals surface area contributed by atoms with E-state index < -0.39 is 0 Å². The van der Waals surface area contributed by atoms with Gasteiger partial charge in [-0.15, -0.1) is 0 Å². The minimum atomic E-state index is 0.0130. The molecule has 29 heavy (non-hydrogen) atoms. The number of pyridine rings is 2. The van der Waals surface area contributed by atoms with Crippen molar-refractivity contribution in [1.82, 2.24) is 14.9 Å². The molecule has 5 rings (SSSR count). The molecule has 2 bridgehead atoms. The van der Waals surface area contributed by atoms with E-state index in [1.54, 1.807) is 19.5 Å². The zero-order valence-corrected chi connectivity index (χ0v) is 16.3. The molecule has 0 saturated carbocycles. The number of rotatable bonds is 5. The lowest BCUT2D eigenvalue weighted by atomic mass is 9.90. The highest BCUT2D eigenvalue weighted by molar-refractivity contribution is 6.08. The highest BCUT2D eigenvalue weighted by Gasteiger charge is 2.49. The van der Waals surface area contributed by atoms with Gasteiger partial charge in [-0.1, -0.05) is 12.1 Å². The quantitative estimate of drug-likeness (QED) is 0.666. The summed E-state index contributed by atoms with van der Waals surface area (Å²) in [7, 11) is 1.60. The van der Waals surface area contributed by atoms with Crippen LogP contribution in [0, 0.1) is 5.92 Å². The van der Waals surface area contributed by atoms with Gasteiger partial charge in [0.05, 0.1) is 19.2 Å². The average Bonchev–Trinajstić information content (AvgIpc) is 3.35. The number of ether oxygens (including phenoxy) is 2. The maximum atomic E-state index is 13.7. The molecule has 1 aromatic carbocycles. The molecule has 4 heterocycles. The number of benzene rings is 1. The van der Waals surface area contributed by atoms with Gasteiger partial charge in [-0.25, -0.2) is 4.98 Å². The van der Waals surface area contributed by atoms with Crippen molar-refractivity contribution in [3.8, 4) is 11.6 Å². The lowest BCUT2D eigenvalue weighted by Crippen LogP contribution is -2.37. The number of amides is 1. The molecular formula is C23H23N3O3. The molecule has 2 fully saturated rings. The second-order valence-electron chi connectivity index (χ2n) is 7.70. The number of carbonyl (C=O) groups is 1. The van der Waals surface area contributed by atoms with Gasteiger partial charge < -0.3 is 14.4 Å². The van der Waals surface area contributed by atoms with Crippen LogP contribution in [-0.2, 0) is 0 Å². The van der Waals surface area contributed by atoms with Gasteiger partial charge >= 0.3 is 0 Å². The van der Waals surface area contributed by atoms with Crippen molar-refractivity contribution in [1.29, 1.82) is 0 Å². The molecule has 6 nitrogen and oxygen atoms in total. The molecule has 6 heteroatoms. The summed E-state index contributed by atoms with van der Waals surface area (Å²) < 4.78 is 11.4.